The molecule has 0 aromatic carbocycles. The highest BCUT2D eigenvalue weighted by atomic mass is 19.1. The van der Waals surface area contributed by atoms with Crippen LogP contribution in [0, 0.1) is 5.92 Å². The summed E-state index contributed by atoms with van der Waals surface area (Å²) in [6.45, 7) is 6.64. The Morgan fingerprint density at radius 1 is 1.71 bits per heavy atom. The van der Waals surface area contributed by atoms with Gasteiger partial charge < -0.3 is 4.74 Å². The first-order valence-electron chi connectivity index (χ1n) is 4.30. The smallest absolute Gasteiger partial charge is 0.417 e. The van der Waals surface area contributed by atoms with E-state index in [0.717, 1.165) is 4.90 Å². The van der Waals surface area contributed by atoms with E-state index in [1.54, 1.807) is 0 Å². The second-order valence-electron chi connectivity index (χ2n) is 3.47. The van der Waals surface area contributed by atoms with Crippen LogP contribution in [0.4, 0.5) is 9.18 Å². The van der Waals surface area contributed by atoms with E-state index in [2.05, 4.69) is 11.3 Å². The van der Waals surface area contributed by atoms with Crippen LogP contribution in [0.5, 0.6) is 0 Å². The maximum absolute atomic E-state index is 12.6. The SMILES string of the molecule is C=C(F)C(=O)N1C(=O)OC[C@@H]1C(C)C. The van der Waals surface area contributed by atoms with Gasteiger partial charge in [-0.05, 0) is 5.92 Å². The Morgan fingerprint density at radius 3 is 2.71 bits per heavy atom. The molecule has 1 aliphatic rings. The Bertz CT molecular complexity index is 288. The summed E-state index contributed by atoms with van der Waals surface area (Å²) in [5, 5.41) is 0. The molecule has 0 spiro atoms. The van der Waals surface area contributed by atoms with Crippen molar-refractivity contribution < 1.29 is 18.7 Å². The number of carbonyl (C=O) groups is 2. The van der Waals surface area contributed by atoms with Gasteiger partial charge in [-0.15, -0.1) is 0 Å². The minimum atomic E-state index is -1.14. The van der Waals surface area contributed by atoms with Crippen LogP contribution < -0.4 is 0 Å². The molecule has 1 fully saturated rings. The molecule has 1 atom stereocenters. The average molecular weight is 201 g/mol. The van der Waals surface area contributed by atoms with Gasteiger partial charge in [0.05, 0.1) is 6.04 Å². The summed E-state index contributed by atoms with van der Waals surface area (Å²) < 4.78 is 17.2. The predicted molar refractivity (Wildman–Crippen MR) is 47.1 cm³/mol. The summed E-state index contributed by atoms with van der Waals surface area (Å²) in [5.41, 5.74) is 0. The average Bonchev–Trinajstić information content (AvgIpc) is 2.45. The lowest BCUT2D eigenvalue weighted by Crippen LogP contribution is -2.41. The Labute approximate surface area is 81.3 Å². The van der Waals surface area contributed by atoms with Gasteiger partial charge in [0.2, 0.25) is 0 Å². The number of nitrogens with zero attached hydrogens (tertiary/aromatic N) is 1. The van der Waals surface area contributed by atoms with Crippen LogP contribution in [-0.4, -0.2) is 29.5 Å². The van der Waals surface area contributed by atoms with Crippen molar-refractivity contribution in [2.75, 3.05) is 6.61 Å². The molecule has 0 aliphatic carbocycles. The standard InChI is InChI=1S/C9H12FNO3/c1-5(2)7-4-14-9(13)11(7)8(12)6(3)10/h5,7H,3-4H2,1-2H3/t7-/m1/s1. The maximum atomic E-state index is 12.6. The summed E-state index contributed by atoms with van der Waals surface area (Å²) in [6.07, 6.45) is -0.799. The van der Waals surface area contributed by atoms with Crippen LogP contribution in [0.25, 0.3) is 0 Å². The molecule has 0 bridgehead atoms. The number of rotatable bonds is 2. The number of imide groups is 1. The second kappa shape index (κ2) is 3.77. The lowest BCUT2D eigenvalue weighted by Gasteiger charge is -2.21. The Kier molecular flexibility index (Phi) is 2.88. The summed E-state index contributed by atoms with van der Waals surface area (Å²) >= 11 is 0. The number of cyclic esters (lactones) is 1. The lowest BCUT2D eigenvalue weighted by atomic mass is 10.0. The third-order valence-corrected chi connectivity index (χ3v) is 2.13. The highest BCUT2D eigenvalue weighted by Gasteiger charge is 2.40. The van der Waals surface area contributed by atoms with Gasteiger partial charge in [-0.3, -0.25) is 4.79 Å². The zero-order valence-corrected chi connectivity index (χ0v) is 8.12. The first-order chi connectivity index (χ1) is 6.45. The molecule has 78 valence electrons. The third kappa shape index (κ3) is 1.76. The van der Waals surface area contributed by atoms with Crippen LogP contribution in [-0.2, 0) is 9.53 Å². The van der Waals surface area contributed by atoms with E-state index >= 15 is 0 Å². The molecule has 1 saturated heterocycles. The quantitative estimate of drug-likeness (QED) is 0.635. The molecule has 1 aliphatic heterocycles. The Balaban J connectivity index is 2.87. The van der Waals surface area contributed by atoms with Crippen molar-refractivity contribution in [3.05, 3.63) is 12.4 Å². The predicted octanol–water partition coefficient (Wildman–Crippen LogP) is 1.47. The van der Waals surface area contributed by atoms with Crippen LogP contribution in [0.3, 0.4) is 0 Å². The molecule has 0 N–H and O–H groups in total. The lowest BCUT2D eigenvalue weighted by molar-refractivity contribution is -0.127. The normalized spacial score (nSPS) is 21.3. The molecule has 0 radical (unpaired) electrons. The van der Waals surface area contributed by atoms with E-state index in [1.807, 2.05) is 13.8 Å². The number of hydrogen-bond acceptors (Lipinski definition) is 3. The molecular weight excluding hydrogens is 189 g/mol. The monoisotopic (exact) mass is 201 g/mol. The van der Waals surface area contributed by atoms with Gasteiger partial charge in [0.15, 0.2) is 5.83 Å². The molecular formula is C9H12FNO3. The second-order valence-corrected chi connectivity index (χ2v) is 3.47. The minimum Gasteiger partial charge on any atom is -0.447 e. The summed E-state index contributed by atoms with van der Waals surface area (Å²) in [7, 11) is 0. The molecule has 14 heavy (non-hydrogen) atoms. The highest BCUT2D eigenvalue weighted by Crippen LogP contribution is 2.21. The van der Waals surface area contributed by atoms with Gasteiger partial charge in [0.25, 0.3) is 5.91 Å². The number of hydrogen-bond donors (Lipinski definition) is 0. The molecule has 1 heterocycles. The van der Waals surface area contributed by atoms with Crippen molar-refractivity contribution in [1.29, 1.82) is 0 Å². The van der Waals surface area contributed by atoms with Crippen molar-refractivity contribution in [2.45, 2.75) is 19.9 Å². The van der Waals surface area contributed by atoms with Gasteiger partial charge >= 0.3 is 6.09 Å². The van der Waals surface area contributed by atoms with E-state index in [-0.39, 0.29) is 12.5 Å². The van der Waals surface area contributed by atoms with Gasteiger partial charge in [0, 0.05) is 0 Å². The summed E-state index contributed by atoms with van der Waals surface area (Å²) in [4.78, 5) is 23.1. The summed E-state index contributed by atoms with van der Waals surface area (Å²) in [6, 6.07) is -0.400. The van der Waals surface area contributed by atoms with Crippen molar-refractivity contribution >= 4 is 12.0 Å². The Morgan fingerprint density at radius 2 is 2.29 bits per heavy atom. The van der Waals surface area contributed by atoms with Crippen LogP contribution in [0.1, 0.15) is 13.8 Å². The minimum absolute atomic E-state index is 0.0322. The topological polar surface area (TPSA) is 46.6 Å². The molecule has 1 rings (SSSR count). The van der Waals surface area contributed by atoms with Crippen LogP contribution in [0.2, 0.25) is 0 Å². The van der Waals surface area contributed by atoms with Gasteiger partial charge in [0.1, 0.15) is 6.61 Å². The Hall–Kier alpha value is -1.39. The van der Waals surface area contributed by atoms with E-state index in [0.29, 0.717) is 0 Å². The number of ether oxygens (including phenoxy) is 1. The largest absolute Gasteiger partial charge is 0.447 e. The fourth-order valence-electron chi connectivity index (χ4n) is 1.29. The molecule has 0 aromatic rings. The zero-order valence-electron chi connectivity index (χ0n) is 8.12. The molecule has 0 aromatic heterocycles. The van der Waals surface area contributed by atoms with Gasteiger partial charge in [-0.2, -0.15) is 0 Å². The van der Waals surface area contributed by atoms with Gasteiger partial charge in [-0.25, -0.2) is 14.1 Å². The fourth-order valence-corrected chi connectivity index (χ4v) is 1.29. The molecule has 5 heteroatoms. The molecule has 2 amide bonds. The molecule has 0 unspecified atom stereocenters. The van der Waals surface area contributed by atoms with Crippen molar-refractivity contribution in [3.63, 3.8) is 0 Å². The number of halogens is 1. The van der Waals surface area contributed by atoms with Gasteiger partial charge in [-0.1, -0.05) is 20.4 Å². The summed E-state index contributed by atoms with van der Waals surface area (Å²) in [5.74, 6) is -2.12. The molecule has 4 nitrogen and oxygen atoms in total. The van der Waals surface area contributed by atoms with Crippen LogP contribution in [0.15, 0.2) is 12.4 Å². The number of carbonyl (C=O) groups excluding carboxylic acids is 2. The van der Waals surface area contributed by atoms with E-state index in [4.69, 9.17) is 0 Å². The van der Waals surface area contributed by atoms with E-state index in [1.165, 1.54) is 0 Å². The number of amides is 2. The first-order valence-corrected chi connectivity index (χ1v) is 4.30. The van der Waals surface area contributed by atoms with Crippen molar-refractivity contribution in [2.24, 2.45) is 5.92 Å². The van der Waals surface area contributed by atoms with E-state index in [9.17, 15) is 14.0 Å². The maximum Gasteiger partial charge on any atom is 0.417 e. The van der Waals surface area contributed by atoms with E-state index < -0.39 is 23.9 Å². The third-order valence-electron chi connectivity index (χ3n) is 2.13. The highest BCUT2D eigenvalue weighted by molar-refractivity contribution is 6.01. The van der Waals surface area contributed by atoms with Crippen molar-refractivity contribution in [3.8, 4) is 0 Å². The zero-order chi connectivity index (χ0) is 10.9. The fraction of sp³-hybridized carbons (Fsp3) is 0.556. The van der Waals surface area contributed by atoms with Crippen molar-refractivity contribution in [1.82, 2.24) is 4.90 Å². The van der Waals surface area contributed by atoms with Crippen LogP contribution >= 0.6 is 0 Å². The molecule has 0 saturated carbocycles. The first kappa shape index (κ1) is 10.7.